The first-order chi connectivity index (χ1) is 7.28. The quantitative estimate of drug-likeness (QED) is 0.798. The smallest absolute Gasteiger partial charge is 0.277 e. The third-order valence-electron chi connectivity index (χ3n) is 1.76. The van der Waals surface area contributed by atoms with Crippen molar-refractivity contribution >= 4 is 11.8 Å². The molecule has 5 nitrogen and oxygen atoms in total. The standard InChI is InChI=1S/C9H11N3O2S/c1-6-11-12-9(13-6)15-5-8-3-2-7(4-10)14-8/h2-3H,4-5,10H2,1H3. The molecule has 2 rings (SSSR count). The molecule has 2 N–H and O–H groups in total. The molecule has 6 heteroatoms. The molecule has 0 unspecified atom stereocenters. The minimum Gasteiger partial charge on any atom is -0.464 e. The van der Waals surface area contributed by atoms with Gasteiger partial charge in [-0.2, -0.15) is 0 Å². The second kappa shape index (κ2) is 4.50. The number of hydrogen-bond donors (Lipinski definition) is 1. The Bertz CT molecular complexity index is 438. The summed E-state index contributed by atoms with van der Waals surface area (Å²) in [4.78, 5) is 0. The van der Waals surface area contributed by atoms with Crippen LogP contribution >= 0.6 is 11.8 Å². The predicted octanol–water partition coefficient (Wildman–Crippen LogP) is 1.72. The average Bonchev–Trinajstić information content (AvgIpc) is 2.83. The molecule has 0 saturated heterocycles. The molecule has 0 fully saturated rings. The van der Waals surface area contributed by atoms with Gasteiger partial charge < -0.3 is 14.6 Å². The minimum absolute atomic E-state index is 0.421. The number of nitrogens with two attached hydrogens (primary N) is 1. The molecular weight excluding hydrogens is 214 g/mol. The highest BCUT2D eigenvalue weighted by atomic mass is 32.2. The molecule has 2 aromatic rings. The van der Waals surface area contributed by atoms with E-state index < -0.39 is 0 Å². The van der Waals surface area contributed by atoms with Crippen LogP contribution in [0.2, 0.25) is 0 Å². The third kappa shape index (κ3) is 2.60. The first kappa shape index (κ1) is 10.3. The molecule has 0 amide bonds. The number of aryl methyl sites for hydroxylation is 1. The van der Waals surface area contributed by atoms with Crippen LogP contribution < -0.4 is 5.73 Å². The second-order valence-corrected chi connectivity index (χ2v) is 3.87. The lowest BCUT2D eigenvalue weighted by molar-refractivity contribution is 0.428. The van der Waals surface area contributed by atoms with Gasteiger partial charge >= 0.3 is 0 Å². The Balaban J connectivity index is 1.93. The average molecular weight is 225 g/mol. The maximum atomic E-state index is 5.43. The molecule has 0 aliphatic rings. The van der Waals surface area contributed by atoms with Crippen molar-refractivity contribution in [3.05, 3.63) is 29.5 Å². The molecular formula is C9H11N3O2S. The van der Waals surface area contributed by atoms with E-state index in [9.17, 15) is 0 Å². The monoisotopic (exact) mass is 225 g/mol. The van der Waals surface area contributed by atoms with Crippen LogP contribution in [0.4, 0.5) is 0 Å². The molecule has 0 aliphatic heterocycles. The summed E-state index contributed by atoms with van der Waals surface area (Å²) in [6.45, 7) is 2.18. The summed E-state index contributed by atoms with van der Waals surface area (Å²) < 4.78 is 10.6. The van der Waals surface area contributed by atoms with E-state index in [0.717, 1.165) is 11.5 Å². The lowest BCUT2D eigenvalue weighted by Crippen LogP contribution is -1.92. The van der Waals surface area contributed by atoms with E-state index >= 15 is 0 Å². The maximum Gasteiger partial charge on any atom is 0.277 e. The molecule has 0 aliphatic carbocycles. The van der Waals surface area contributed by atoms with Crippen molar-refractivity contribution in [3.63, 3.8) is 0 Å². The first-order valence-corrected chi connectivity index (χ1v) is 5.47. The highest BCUT2D eigenvalue weighted by Gasteiger charge is 2.06. The molecule has 0 spiro atoms. The molecule has 2 heterocycles. The van der Waals surface area contributed by atoms with Gasteiger partial charge in [-0.15, -0.1) is 10.2 Å². The van der Waals surface area contributed by atoms with E-state index in [0.29, 0.717) is 23.4 Å². The fourth-order valence-electron chi connectivity index (χ4n) is 1.08. The highest BCUT2D eigenvalue weighted by molar-refractivity contribution is 7.98. The zero-order valence-electron chi connectivity index (χ0n) is 8.27. The van der Waals surface area contributed by atoms with Gasteiger partial charge in [0.2, 0.25) is 5.89 Å². The molecule has 0 atom stereocenters. The number of nitrogens with zero attached hydrogens (tertiary/aromatic N) is 2. The zero-order valence-corrected chi connectivity index (χ0v) is 9.08. The summed E-state index contributed by atoms with van der Waals surface area (Å²) in [6.07, 6.45) is 0. The van der Waals surface area contributed by atoms with Gasteiger partial charge in [-0.3, -0.25) is 0 Å². The number of furan rings is 1. The first-order valence-electron chi connectivity index (χ1n) is 4.48. The Labute approximate surface area is 91.0 Å². The van der Waals surface area contributed by atoms with Gasteiger partial charge in [-0.1, -0.05) is 11.8 Å². The van der Waals surface area contributed by atoms with Crippen LogP contribution in [0.3, 0.4) is 0 Å². The van der Waals surface area contributed by atoms with Crippen molar-refractivity contribution in [2.45, 2.75) is 24.4 Å². The van der Waals surface area contributed by atoms with Crippen LogP contribution in [-0.2, 0) is 12.3 Å². The van der Waals surface area contributed by atoms with Crippen molar-refractivity contribution in [2.24, 2.45) is 5.73 Å². The Morgan fingerprint density at radius 2 is 2.07 bits per heavy atom. The van der Waals surface area contributed by atoms with Crippen LogP contribution in [-0.4, -0.2) is 10.2 Å². The summed E-state index contributed by atoms with van der Waals surface area (Å²) in [5, 5.41) is 8.15. The van der Waals surface area contributed by atoms with E-state index in [1.54, 1.807) is 6.92 Å². The van der Waals surface area contributed by atoms with E-state index in [4.69, 9.17) is 14.6 Å². The lowest BCUT2D eigenvalue weighted by atomic mass is 10.4. The normalized spacial score (nSPS) is 10.8. The van der Waals surface area contributed by atoms with Gasteiger partial charge in [0.05, 0.1) is 12.3 Å². The summed E-state index contributed by atoms with van der Waals surface area (Å²) in [6, 6.07) is 3.77. The predicted molar refractivity (Wildman–Crippen MR) is 55.2 cm³/mol. The van der Waals surface area contributed by atoms with E-state index in [2.05, 4.69) is 10.2 Å². The second-order valence-electron chi connectivity index (χ2n) is 2.95. The minimum atomic E-state index is 0.421. The topological polar surface area (TPSA) is 78.1 Å². The van der Waals surface area contributed by atoms with Gasteiger partial charge in [0, 0.05) is 6.92 Å². The molecule has 0 aromatic carbocycles. The summed E-state index contributed by atoms with van der Waals surface area (Å²) in [5.41, 5.74) is 5.43. The van der Waals surface area contributed by atoms with Gasteiger partial charge in [-0.05, 0) is 12.1 Å². The molecule has 80 valence electrons. The van der Waals surface area contributed by atoms with Gasteiger partial charge in [0.1, 0.15) is 11.5 Å². The Morgan fingerprint density at radius 1 is 1.27 bits per heavy atom. The van der Waals surface area contributed by atoms with Crippen LogP contribution in [0.5, 0.6) is 0 Å². The molecule has 0 bridgehead atoms. The highest BCUT2D eigenvalue weighted by Crippen LogP contribution is 2.22. The van der Waals surface area contributed by atoms with Gasteiger partial charge in [0.15, 0.2) is 0 Å². The molecule has 0 saturated carbocycles. The van der Waals surface area contributed by atoms with Gasteiger partial charge in [-0.25, -0.2) is 0 Å². The number of rotatable bonds is 4. The van der Waals surface area contributed by atoms with Gasteiger partial charge in [0.25, 0.3) is 5.22 Å². The fraction of sp³-hybridized carbons (Fsp3) is 0.333. The Kier molecular flexibility index (Phi) is 3.08. The Hall–Kier alpha value is -1.27. The Morgan fingerprint density at radius 3 is 2.67 bits per heavy atom. The lowest BCUT2D eigenvalue weighted by Gasteiger charge is -1.92. The third-order valence-corrected chi connectivity index (χ3v) is 2.60. The van der Waals surface area contributed by atoms with E-state index in [1.807, 2.05) is 12.1 Å². The fourth-order valence-corrected chi connectivity index (χ4v) is 1.78. The molecule has 0 radical (unpaired) electrons. The summed E-state index contributed by atoms with van der Waals surface area (Å²) in [5.74, 6) is 2.88. The molecule has 15 heavy (non-hydrogen) atoms. The maximum absolute atomic E-state index is 5.43. The van der Waals surface area contributed by atoms with Crippen molar-refractivity contribution < 1.29 is 8.83 Å². The number of hydrogen-bond acceptors (Lipinski definition) is 6. The van der Waals surface area contributed by atoms with Crippen molar-refractivity contribution in [1.82, 2.24) is 10.2 Å². The molecule has 2 aromatic heterocycles. The summed E-state index contributed by atoms with van der Waals surface area (Å²) >= 11 is 1.44. The van der Waals surface area contributed by atoms with Crippen molar-refractivity contribution in [1.29, 1.82) is 0 Å². The zero-order chi connectivity index (χ0) is 10.7. The number of thioether (sulfide) groups is 1. The SMILES string of the molecule is Cc1nnc(SCc2ccc(CN)o2)o1. The van der Waals surface area contributed by atoms with Crippen molar-refractivity contribution in [3.8, 4) is 0 Å². The van der Waals surface area contributed by atoms with Crippen LogP contribution in [0.25, 0.3) is 0 Å². The summed E-state index contributed by atoms with van der Waals surface area (Å²) in [7, 11) is 0. The van der Waals surface area contributed by atoms with Crippen LogP contribution in [0.15, 0.2) is 26.2 Å². The van der Waals surface area contributed by atoms with Crippen LogP contribution in [0.1, 0.15) is 17.4 Å². The van der Waals surface area contributed by atoms with Crippen LogP contribution in [0, 0.1) is 6.92 Å². The van der Waals surface area contributed by atoms with Crippen molar-refractivity contribution in [2.75, 3.05) is 0 Å². The largest absolute Gasteiger partial charge is 0.464 e. The van der Waals surface area contributed by atoms with E-state index in [-0.39, 0.29) is 0 Å². The van der Waals surface area contributed by atoms with E-state index in [1.165, 1.54) is 11.8 Å². The number of aromatic nitrogens is 2.